The van der Waals surface area contributed by atoms with Gasteiger partial charge in [-0.05, 0) is 47.6 Å². The van der Waals surface area contributed by atoms with Gasteiger partial charge in [0.25, 0.3) is 0 Å². The van der Waals surface area contributed by atoms with Gasteiger partial charge in [-0.1, -0.05) is 86.6 Å². The molecule has 204 valence electrons. The van der Waals surface area contributed by atoms with Crippen LogP contribution in [0.15, 0.2) is 72.8 Å². The molecular weight excluding hydrogens is 474 g/mol. The van der Waals surface area contributed by atoms with Gasteiger partial charge in [0.15, 0.2) is 0 Å². The minimum atomic E-state index is -0.770. The van der Waals surface area contributed by atoms with Crippen molar-refractivity contribution in [2.75, 3.05) is 19.6 Å². The van der Waals surface area contributed by atoms with Gasteiger partial charge in [-0.2, -0.15) is 0 Å². The lowest BCUT2D eigenvalue weighted by atomic mass is 9.96. The molecule has 0 aliphatic rings. The Labute approximate surface area is 227 Å². The van der Waals surface area contributed by atoms with Crippen LogP contribution in [-0.2, 0) is 22.6 Å². The minimum absolute atomic E-state index is 0.110. The average molecular weight is 518 g/mol. The van der Waals surface area contributed by atoms with Gasteiger partial charge in [-0.15, -0.1) is 0 Å². The van der Waals surface area contributed by atoms with Crippen molar-refractivity contribution in [1.82, 2.24) is 15.5 Å². The first-order chi connectivity index (χ1) is 18.5. The number of nitrogens with zero attached hydrogens (tertiary/aromatic N) is 1. The van der Waals surface area contributed by atoms with Crippen LogP contribution in [0.2, 0.25) is 0 Å². The topological polar surface area (TPSA) is 81.7 Å². The number of rotatable bonds is 16. The average Bonchev–Trinajstić information content (AvgIpc) is 2.93. The molecule has 38 heavy (non-hydrogen) atoms. The van der Waals surface area contributed by atoms with E-state index in [4.69, 9.17) is 0 Å². The summed E-state index contributed by atoms with van der Waals surface area (Å²) in [5, 5.41) is 19.8. The Hall–Kier alpha value is -3.22. The number of benzene rings is 3. The first-order valence-electron chi connectivity index (χ1n) is 14.0. The lowest BCUT2D eigenvalue weighted by Crippen LogP contribution is -2.48. The number of carbonyl (C=O) groups excluding carboxylic acids is 2. The van der Waals surface area contributed by atoms with E-state index in [9.17, 15) is 14.7 Å². The van der Waals surface area contributed by atoms with Crippen LogP contribution in [0.5, 0.6) is 0 Å². The van der Waals surface area contributed by atoms with Crippen LogP contribution in [0.1, 0.15) is 57.1 Å². The van der Waals surface area contributed by atoms with Crippen LogP contribution >= 0.6 is 0 Å². The number of hydrogen-bond donors (Lipinski definition) is 3. The first kappa shape index (κ1) is 29.3. The number of fused-ring (bicyclic) bond motifs is 1. The van der Waals surface area contributed by atoms with Crippen LogP contribution in [0.3, 0.4) is 0 Å². The monoisotopic (exact) mass is 517 g/mol. The molecule has 6 heteroatoms. The number of nitrogens with one attached hydrogen (secondary N) is 2. The molecule has 0 bridgehead atoms. The molecule has 0 aliphatic carbocycles. The lowest BCUT2D eigenvalue weighted by Gasteiger charge is -2.26. The Bertz CT molecular complexity index is 1120. The Balaban J connectivity index is 1.62. The molecule has 3 N–H and O–H groups in total. The minimum Gasteiger partial charge on any atom is -0.390 e. The highest BCUT2D eigenvalue weighted by molar-refractivity contribution is 5.86. The summed E-state index contributed by atoms with van der Waals surface area (Å²) in [5.74, 6) is -0.0263. The molecule has 0 unspecified atom stereocenters. The fraction of sp³-hybridized carbons (Fsp3) is 0.438. The predicted octanol–water partition coefficient (Wildman–Crippen LogP) is 4.84. The molecule has 0 heterocycles. The molecule has 3 rings (SSSR count). The van der Waals surface area contributed by atoms with Crippen molar-refractivity contribution in [1.29, 1.82) is 0 Å². The van der Waals surface area contributed by atoms with Gasteiger partial charge in [-0.3, -0.25) is 9.59 Å². The molecule has 0 aromatic heterocycles. The van der Waals surface area contributed by atoms with Gasteiger partial charge in [0.05, 0.1) is 12.1 Å². The summed E-state index contributed by atoms with van der Waals surface area (Å²) < 4.78 is 0. The number of hydrogen-bond acceptors (Lipinski definition) is 4. The van der Waals surface area contributed by atoms with Crippen molar-refractivity contribution < 1.29 is 14.7 Å². The molecule has 0 saturated heterocycles. The van der Waals surface area contributed by atoms with Crippen molar-refractivity contribution >= 4 is 22.6 Å². The fourth-order valence-corrected chi connectivity index (χ4v) is 4.83. The summed E-state index contributed by atoms with van der Waals surface area (Å²) in [6.07, 6.45) is 2.72. The quantitative estimate of drug-likeness (QED) is 0.254. The summed E-state index contributed by atoms with van der Waals surface area (Å²) in [5.41, 5.74) is 2.22. The van der Waals surface area contributed by atoms with Crippen molar-refractivity contribution in [3.05, 3.63) is 83.9 Å². The number of aliphatic hydroxyl groups excluding tert-OH is 1. The Morgan fingerprint density at radius 2 is 1.55 bits per heavy atom. The van der Waals surface area contributed by atoms with E-state index in [1.807, 2.05) is 53.4 Å². The molecule has 0 saturated carbocycles. The molecule has 0 spiro atoms. The highest BCUT2D eigenvalue weighted by Gasteiger charge is 2.23. The second-order valence-electron chi connectivity index (χ2n) is 9.93. The smallest absolute Gasteiger partial charge is 0.222 e. The van der Waals surface area contributed by atoms with Crippen molar-refractivity contribution in [2.24, 2.45) is 0 Å². The summed E-state index contributed by atoms with van der Waals surface area (Å²) in [4.78, 5) is 27.4. The Morgan fingerprint density at radius 3 is 2.29 bits per heavy atom. The predicted molar refractivity (Wildman–Crippen MR) is 155 cm³/mol. The molecule has 2 atom stereocenters. The molecule has 3 aromatic rings. The van der Waals surface area contributed by atoms with Crippen molar-refractivity contribution in [3.8, 4) is 0 Å². The maximum Gasteiger partial charge on any atom is 0.222 e. The molecule has 0 aliphatic heterocycles. The van der Waals surface area contributed by atoms with Crippen molar-refractivity contribution in [2.45, 2.75) is 71.1 Å². The zero-order valence-electron chi connectivity index (χ0n) is 22.9. The number of amides is 2. The van der Waals surface area contributed by atoms with E-state index in [0.717, 1.165) is 47.8 Å². The second-order valence-corrected chi connectivity index (χ2v) is 9.93. The summed E-state index contributed by atoms with van der Waals surface area (Å²) in [7, 11) is 0. The standard InChI is InChI=1S/C32H43N3O3/c1-3-20-35(21-4-2)32(38)19-11-18-31(37)34-29(30(36)24-33-23-25-12-6-5-7-13-25)22-27-16-10-15-26-14-8-9-17-28(26)27/h5-10,12-17,29-30,33,36H,3-4,11,18-24H2,1-2H3,(H,34,37)/t29-,30+/m0/s1. The van der Waals surface area contributed by atoms with E-state index < -0.39 is 12.1 Å². The van der Waals surface area contributed by atoms with Gasteiger partial charge in [0.2, 0.25) is 11.8 Å². The van der Waals surface area contributed by atoms with Crippen molar-refractivity contribution in [3.63, 3.8) is 0 Å². The Kier molecular flexibility index (Phi) is 12.3. The SMILES string of the molecule is CCCN(CCC)C(=O)CCCC(=O)N[C@@H](Cc1cccc2ccccc12)[C@H](O)CNCc1ccccc1. The van der Waals surface area contributed by atoms with Gasteiger partial charge in [0.1, 0.15) is 0 Å². The first-order valence-corrected chi connectivity index (χ1v) is 14.0. The van der Waals surface area contributed by atoms with Crippen LogP contribution in [-0.4, -0.2) is 53.6 Å². The third kappa shape index (κ3) is 9.26. The summed E-state index contributed by atoms with van der Waals surface area (Å²) in [6.45, 7) is 6.65. The summed E-state index contributed by atoms with van der Waals surface area (Å²) >= 11 is 0. The van der Waals surface area contributed by atoms with Crippen LogP contribution in [0.25, 0.3) is 10.8 Å². The van der Waals surface area contributed by atoms with Gasteiger partial charge < -0.3 is 20.6 Å². The largest absolute Gasteiger partial charge is 0.390 e. The Morgan fingerprint density at radius 1 is 0.868 bits per heavy atom. The maximum atomic E-state index is 12.9. The van der Waals surface area contributed by atoms with Crippen LogP contribution < -0.4 is 10.6 Å². The van der Waals surface area contributed by atoms with E-state index in [1.165, 1.54) is 0 Å². The van der Waals surface area contributed by atoms with E-state index in [2.05, 4.69) is 48.7 Å². The summed E-state index contributed by atoms with van der Waals surface area (Å²) in [6, 6.07) is 23.9. The van der Waals surface area contributed by atoms with Crippen LogP contribution in [0.4, 0.5) is 0 Å². The zero-order chi connectivity index (χ0) is 27.2. The normalized spacial score (nSPS) is 12.7. The van der Waals surface area contributed by atoms with Gasteiger partial charge in [-0.25, -0.2) is 0 Å². The van der Waals surface area contributed by atoms with Gasteiger partial charge >= 0.3 is 0 Å². The maximum absolute atomic E-state index is 12.9. The molecule has 2 amide bonds. The third-order valence-electron chi connectivity index (χ3n) is 6.79. The molecular formula is C32H43N3O3. The highest BCUT2D eigenvalue weighted by atomic mass is 16.3. The van der Waals surface area contributed by atoms with E-state index in [1.54, 1.807) is 0 Å². The second kappa shape index (κ2) is 15.9. The van der Waals surface area contributed by atoms with Gasteiger partial charge in [0, 0.05) is 39.0 Å². The van der Waals surface area contributed by atoms with Crippen LogP contribution in [0, 0.1) is 0 Å². The zero-order valence-corrected chi connectivity index (χ0v) is 22.9. The number of carbonyl (C=O) groups is 2. The third-order valence-corrected chi connectivity index (χ3v) is 6.79. The van der Waals surface area contributed by atoms with E-state index in [0.29, 0.717) is 32.4 Å². The molecule has 3 aromatic carbocycles. The molecule has 0 fully saturated rings. The molecule has 6 nitrogen and oxygen atoms in total. The number of aliphatic hydroxyl groups is 1. The van der Waals surface area contributed by atoms with E-state index >= 15 is 0 Å². The van der Waals surface area contributed by atoms with E-state index in [-0.39, 0.29) is 18.2 Å². The lowest BCUT2D eigenvalue weighted by molar-refractivity contribution is -0.131. The highest BCUT2D eigenvalue weighted by Crippen LogP contribution is 2.20. The fourth-order valence-electron chi connectivity index (χ4n) is 4.83. The molecule has 0 radical (unpaired) electrons.